The summed E-state index contributed by atoms with van der Waals surface area (Å²) in [5.41, 5.74) is 0. The predicted molar refractivity (Wildman–Crippen MR) is 134 cm³/mol. The first-order chi connectivity index (χ1) is 17.2. The van der Waals surface area contributed by atoms with Gasteiger partial charge in [-0.3, -0.25) is 0 Å². The Morgan fingerprint density at radius 1 is 0.657 bits per heavy atom. The smallest absolute Gasteiger partial charge is 0.190 e. The van der Waals surface area contributed by atoms with Gasteiger partial charge in [-0.05, 0) is 32.1 Å². The van der Waals surface area contributed by atoms with Gasteiger partial charge in [0.05, 0.1) is 6.61 Å². The van der Waals surface area contributed by atoms with Crippen LogP contribution in [0.3, 0.4) is 0 Å². The topological polar surface area (TPSA) is 55.4 Å². The Kier molecular flexibility index (Phi) is 9.45. The van der Waals surface area contributed by atoms with Crippen LogP contribution in [0.2, 0.25) is 0 Å². The molecule has 5 rings (SSSR count). The third-order valence-electron chi connectivity index (χ3n) is 8.92. The Morgan fingerprint density at radius 2 is 1.29 bits per heavy atom. The first-order valence-corrected chi connectivity index (χ1v) is 15.2. The van der Waals surface area contributed by atoms with Gasteiger partial charge in [0.25, 0.3) is 0 Å². The summed E-state index contributed by atoms with van der Waals surface area (Å²) >= 11 is 0. The van der Waals surface area contributed by atoms with Crippen molar-refractivity contribution < 1.29 is 28.4 Å². The van der Waals surface area contributed by atoms with Gasteiger partial charge in [-0.2, -0.15) is 0 Å². The second kappa shape index (κ2) is 12.5. The fraction of sp³-hybridized carbons (Fsp3) is 1.00. The molecule has 3 saturated heterocycles. The van der Waals surface area contributed by atoms with Gasteiger partial charge in [0, 0.05) is 32.3 Å². The summed E-state index contributed by atoms with van der Waals surface area (Å²) in [4.78, 5) is 0. The fourth-order valence-corrected chi connectivity index (χ4v) is 6.90. The van der Waals surface area contributed by atoms with Gasteiger partial charge >= 0.3 is 0 Å². The van der Waals surface area contributed by atoms with E-state index in [-0.39, 0.29) is 30.7 Å². The maximum atomic E-state index is 6.63. The molecule has 2 spiro atoms. The van der Waals surface area contributed by atoms with Crippen LogP contribution >= 0.6 is 0 Å². The van der Waals surface area contributed by atoms with Crippen molar-refractivity contribution in [1.82, 2.24) is 0 Å². The van der Waals surface area contributed by atoms with Crippen molar-refractivity contribution >= 4 is 0 Å². The monoisotopic (exact) mass is 494 g/mol. The van der Waals surface area contributed by atoms with Gasteiger partial charge in [-0.1, -0.05) is 71.1 Å². The van der Waals surface area contributed by atoms with Gasteiger partial charge in [-0.25, -0.2) is 0 Å². The molecule has 2 aliphatic carbocycles. The molecule has 3 heterocycles. The number of rotatable bonds is 12. The molecule has 0 aromatic carbocycles. The van der Waals surface area contributed by atoms with Gasteiger partial charge in [0.1, 0.15) is 24.4 Å². The molecule has 35 heavy (non-hydrogen) atoms. The highest BCUT2D eigenvalue weighted by Crippen LogP contribution is 2.48. The molecule has 2 saturated carbocycles. The number of hydrogen-bond donors (Lipinski definition) is 0. The quantitative estimate of drug-likeness (QED) is 0.279. The second-order valence-corrected chi connectivity index (χ2v) is 11.7. The molecule has 5 atom stereocenters. The lowest BCUT2D eigenvalue weighted by Gasteiger charge is -2.35. The minimum atomic E-state index is -0.463. The van der Waals surface area contributed by atoms with Crippen molar-refractivity contribution in [3.8, 4) is 0 Å². The van der Waals surface area contributed by atoms with E-state index in [1.165, 1.54) is 77.0 Å². The molecule has 0 aromatic rings. The Balaban J connectivity index is 1.12. The van der Waals surface area contributed by atoms with E-state index in [4.69, 9.17) is 28.4 Å². The molecule has 5 aliphatic rings. The lowest BCUT2D eigenvalue weighted by molar-refractivity contribution is -0.262. The normalized spacial score (nSPS) is 35.7. The van der Waals surface area contributed by atoms with Crippen molar-refractivity contribution in [2.75, 3.05) is 13.2 Å². The number of ether oxygens (including phenoxy) is 6. The predicted octanol–water partition coefficient (Wildman–Crippen LogP) is 6.78. The van der Waals surface area contributed by atoms with Crippen molar-refractivity contribution in [3.63, 3.8) is 0 Å². The van der Waals surface area contributed by atoms with Crippen molar-refractivity contribution in [2.45, 2.75) is 171 Å². The zero-order valence-corrected chi connectivity index (χ0v) is 22.2. The Morgan fingerprint density at radius 3 is 1.97 bits per heavy atom. The molecule has 5 fully saturated rings. The highest BCUT2D eigenvalue weighted by atomic mass is 16.9. The Labute approximate surface area is 213 Å². The summed E-state index contributed by atoms with van der Waals surface area (Å²) in [5, 5.41) is 0. The van der Waals surface area contributed by atoms with E-state index >= 15 is 0 Å². The minimum absolute atomic E-state index is 0.110. The minimum Gasteiger partial charge on any atom is -0.372 e. The van der Waals surface area contributed by atoms with Crippen LogP contribution in [-0.2, 0) is 28.4 Å². The summed E-state index contributed by atoms with van der Waals surface area (Å²) in [5.74, 6) is -0.868. The average molecular weight is 495 g/mol. The molecule has 202 valence electrons. The van der Waals surface area contributed by atoms with Crippen molar-refractivity contribution in [1.29, 1.82) is 0 Å². The Hall–Kier alpha value is -0.240. The third-order valence-corrected chi connectivity index (χ3v) is 8.92. The molecule has 6 nitrogen and oxygen atoms in total. The highest BCUT2D eigenvalue weighted by Gasteiger charge is 2.61. The van der Waals surface area contributed by atoms with Gasteiger partial charge in [0.15, 0.2) is 17.9 Å². The number of hydrogen-bond acceptors (Lipinski definition) is 6. The lowest BCUT2D eigenvalue weighted by Crippen LogP contribution is -2.46. The lowest BCUT2D eigenvalue weighted by atomic mass is 9.94. The zero-order valence-electron chi connectivity index (χ0n) is 22.2. The molecule has 0 bridgehead atoms. The van der Waals surface area contributed by atoms with Gasteiger partial charge in [0.2, 0.25) is 0 Å². The van der Waals surface area contributed by atoms with Crippen LogP contribution < -0.4 is 0 Å². The highest BCUT2D eigenvalue weighted by molar-refractivity contribution is 5.01. The zero-order chi connectivity index (χ0) is 24.0. The van der Waals surface area contributed by atoms with Crippen molar-refractivity contribution in [2.24, 2.45) is 0 Å². The standard InChI is InChI=1S/C29H50O6/c1-2-3-4-5-6-7-8-9-16-21-30-25-24(23-22-31-28(33-23)17-12-10-13-18-28)32-27-26(25)34-29(35-27)19-14-11-15-20-29/h23-27H,2-22H2,1H3/t23-,24-,25+,26+,27+/m0/s1. The van der Waals surface area contributed by atoms with Gasteiger partial charge < -0.3 is 28.4 Å². The first kappa shape index (κ1) is 26.4. The SMILES string of the molecule is CCCCCCCCCCCO[C@@H]1[C@H]([C@@H]2COC3(CCCCC3)O2)O[C@@H]2OC3(CCCCC3)O[C@@H]21. The molecule has 0 unspecified atom stereocenters. The van der Waals surface area contributed by atoms with E-state index in [1.807, 2.05) is 0 Å². The van der Waals surface area contributed by atoms with E-state index < -0.39 is 11.6 Å². The first-order valence-electron chi connectivity index (χ1n) is 15.2. The average Bonchev–Trinajstić information content (AvgIpc) is 3.53. The molecule has 6 heteroatoms. The number of fused-ring (bicyclic) bond motifs is 1. The molecular weight excluding hydrogens is 444 g/mol. The maximum Gasteiger partial charge on any atom is 0.190 e. The summed E-state index contributed by atoms with van der Waals surface area (Å²) in [6.45, 7) is 3.60. The van der Waals surface area contributed by atoms with E-state index in [9.17, 15) is 0 Å². The summed E-state index contributed by atoms with van der Waals surface area (Å²) in [7, 11) is 0. The van der Waals surface area contributed by atoms with E-state index in [2.05, 4.69) is 6.92 Å². The second-order valence-electron chi connectivity index (χ2n) is 11.7. The summed E-state index contributed by atoms with van der Waals surface area (Å²) in [6, 6.07) is 0. The molecule has 0 amide bonds. The van der Waals surface area contributed by atoms with E-state index in [1.54, 1.807) is 0 Å². The summed E-state index contributed by atoms with van der Waals surface area (Å²) in [6.07, 6.45) is 22.0. The molecule has 0 radical (unpaired) electrons. The van der Waals surface area contributed by atoms with Crippen molar-refractivity contribution in [3.05, 3.63) is 0 Å². The van der Waals surface area contributed by atoms with Crippen LogP contribution in [0.4, 0.5) is 0 Å². The van der Waals surface area contributed by atoms with Crippen LogP contribution in [0.25, 0.3) is 0 Å². The van der Waals surface area contributed by atoms with Crippen LogP contribution in [0, 0.1) is 0 Å². The molecule has 0 N–H and O–H groups in total. The van der Waals surface area contributed by atoms with Crippen LogP contribution in [-0.4, -0.2) is 55.5 Å². The van der Waals surface area contributed by atoms with Crippen LogP contribution in [0.5, 0.6) is 0 Å². The van der Waals surface area contributed by atoms with E-state index in [0.717, 1.165) is 51.6 Å². The molecule has 3 aliphatic heterocycles. The molecular formula is C29H50O6. The Bertz CT molecular complexity index is 629. The number of unbranched alkanes of at least 4 members (excludes halogenated alkanes) is 8. The van der Waals surface area contributed by atoms with E-state index in [0.29, 0.717) is 6.61 Å². The molecule has 0 aromatic heterocycles. The fourth-order valence-electron chi connectivity index (χ4n) is 6.90. The van der Waals surface area contributed by atoms with Gasteiger partial charge in [-0.15, -0.1) is 0 Å². The van der Waals surface area contributed by atoms with Crippen LogP contribution in [0.15, 0.2) is 0 Å². The summed E-state index contributed by atoms with van der Waals surface area (Å²) < 4.78 is 39.0. The third kappa shape index (κ3) is 6.43. The van der Waals surface area contributed by atoms with Crippen LogP contribution in [0.1, 0.15) is 129 Å². The maximum absolute atomic E-state index is 6.63. The largest absolute Gasteiger partial charge is 0.372 e.